The summed E-state index contributed by atoms with van der Waals surface area (Å²) in [6.07, 6.45) is 1.88. The molecule has 0 amide bonds. The van der Waals surface area contributed by atoms with Gasteiger partial charge in [0.25, 0.3) is 0 Å². The highest BCUT2D eigenvalue weighted by Gasteiger charge is 2.05. The van der Waals surface area contributed by atoms with Gasteiger partial charge in [-0.1, -0.05) is 24.3 Å². The van der Waals surface area contributed by atoms with Gasteiger partial charge in [-0.2, -0.15) is 0 Å². The van der Waals surface area contributed by atoms with Crippen LogP contribution in [0.5, 0.6) is 5.75 Å². The Morgan fingerprint density at radius 3 is 2.81 bits per heavy atom. The van der Waals surface area contributed by atoms with E-state index in [1.54, 1.807) is 17.8 Å². The van der Waals surface area contributed by atoms with Crippen molar-refractivity contribution in [2.45, 2.75) is 11.4 Å². The predicted molar refractivity (Wildman–Crippen MR) is 87.6 cm³/mol. The average Bonchev–Trinajstić information content (AvgIpc) is 2.52. The van der Waals surface area contributed by atoms with Crippen molar-refractivity contribution >= 4 is 17.4 Å². The first kappa shape index (κ1) is 15.4. The Morgan fingerprint density at radius 2 is 2.10 bits per heavy atom. The first-order valence-corrected chi connectivity index (χ1v) is 7.62. The fraction of sp³-hybridized carbons (Fsp3) is 0.176. The monoisotopic (exact) mass is 303 g/mol. The zero-order valence-electron chi connectivity index (χ0n) is 11.9. The molecular formula is C17H18FNOS. The number of hydrogen-bond acceptors (Lipinski definition) is 3. The van der Waals surface area contributed by atoms with Gasteiger partial charge in [0.2, 0.25) is 0 Å². The van der Waals surface area contributed by atoms with Crippen molar-refractivity contribution in [2.75, 3.05) is 18.2 Å². The molecule has 110 valence electrons. The number of para-hydroxylation sites is 1. The van der Waals surface area contributed by atoms with Gasteiger partial charge in [-0.3, -0.25) is 0 Å². The van der Waals surface area contributed by atoms with Crippen LogP contribution in [0.3, 0.4) is 0 Å². The number of benzene rings is 2. The van der Waals surface area contributed by atoms with Crippen molar-refractivity contribution in [1.29, 1.82) is 0 Å². The van der Waals surface area contributed by atoms with Gasteiger partial charge in [0.15, 0.2) is 11.6 Å². The molecule has 1 N–H and O–H groups in total. The normalized spacial score (nSPS) is 10.2. The lowest BCUT2D eigenvalue weighted by Crippen LogP contribution is -2.01. The number of nitrogens with one attached hydrogen (secondary N) is 1. The van der Waals surface area contributed by atoms with Crippen molar-refractivity contribution in [1.82, 2.24) is 0 Å². The van der Waals surface area contributed by atoms with Gasteiger partial charge in [-0.05, 0) is 29.8 Å². The lowest BCUT2D eigenvalue weighted by atomic mass is 10.2. The summed E-state index contributed by atoms with van der Waals surface area (Å²) in [5.74, 6) is 0.780. The third kappa shape index (κ3) is 4.26. The van der Waals surface area contributed by atoms with E-state index in [4.69, 9.17) is 4.74 Å². The molecule has 0 heterocycles. The van der Waals surface area contributed by atoms with Crippen LogP contribution in [-0.2, 0) is 6.54 Å². The molecule has 0 unspecified atom stereocenters. The van der Waals surface area contributed by atoms with Crippen molar-refractivity contribution < 1.29 is 9.13 Å². The van der Waals surface area contributed by atoms with Gasteiger partial charge in [-0.25, -0.2) is 4.39 Å². The van der Waals surface area contributed by atoms with Crippen LogP contribution < -0.4 is 10.1 Å². The van der Waals surface area contributed by atoms with Crippen molar-refractivity contribution in [3.63, 3.8) is 0 Å². The third-order valence-corrected chi connectivity index (χ3v) is 4.01. The van der Waals surface area contributed by atoms with Gasteiger partial charge in [0.05, 0.1) is 7.11 Å². The van der Waals surface area contributed by atoms with Crippen molar-refractivity contribution in [3.05, 3.63) is 66.5 Å². The highest BCUT2D eigenvalue weighted by Crippen LogP contribution is 2.27. The molecular weight excluding hydrogens is 285 g/mol. The second-order valence-corrected chi connectivity index (χ2v) is 5.48. The quantitative estimate of drug-likeness (QED) is 0.590. The molecule has 4 heteroatoms. The van der Waals surface area contributed by atoms with E-state index in [-0.39, 0.29) is 11.6 Å². The number of halogens is 1. The number of thioether (sulfide) groups is 1. The zero-order valence-corrected chi connectivity index (χ0v) is 12.8. The Bertz CT molecular complexity index is 615. The molecule has 0 spiro atoms. The maximum Gasteiger partial charge on any atom is 0.165 e. The van der Waals surface area contributed by atoms with E-state index in [2.05, 4.69) is 18.0 Å². The second kappa shape index (κ2) is 7.74. The van der Waals surface area contributed by atoms with Gasteiger partial charge in [0, 0.05) is 22.9 Å². The molecule has 0 saturated heterocycles. The SMILES string of the molecule is C=CCSc1ccccc1NCc1ccc(OC)c(F)c1. The lowest BCUT2D eigenvalue weighted by Gasteiger charge is -2.12. The summed E-state index contributed by atoms with van der Waals surface area (Å²) in [6, 6.07) is 13.1. The smallest absolute Gasteiger partial charge is 0.165 e. The van der Waals surface area contributed by atoms with E-state index in [0.717, 1.165) is 21.9 Å². The summed E-state index contributed by atoms with van der Waals surface area (Å²) in [6.45, 7) is 4.29. The molecule has 0 fully saturated rings. The molecule has 0 aliphatic rings. The number of ether oxygens (including phenoxy) is 1. The Morgan fingerprint density at radius 1 is 1.29 bits per heavy atom. The number of hydrogen-bond donors (Lipinski definition) is 1. The minimum atomic E-state index is -0.342. The summed E-state index contributed by atoms with van der Waals surface area (Å²) in [7, 11) is 1.46. The molecule has 0 radical (unpaired) electrons. The van der Waals surface area contributed by atoms with Crippen molar-refractivity contribution in [3.8, 4) is 5.75 Å². The average molecular weight is 303 g/mol. The van der Waals surface area contributed by atoms with E-state index < -0.39 is 0 Å². The molecule has 21 heavy (non-hydrogen) atoms. The van der Waals surface area contributed by atoms with Crippen LogP contribution in [-0.4, -0.2) is 12.9 Å². The highest BCUT2D eigenvalue weighted by atomic mass is 32.2. The standard InChI is InChI=1S/C17H18FNOS/c1-3-10-21-17-7-5-4-6-15(17)19-12-13-8-9-16(20-2)14(18)11-13/h3-9,11,19H,1,10,12H2,2H3. The fourth-order valence-electron chi connectivity index (χ4n) is 1.90. The van der Waals surface area contributed by atoms with Crippen LogP contribution in [0.2, 0.25) is 0 Å². The summed E-state index contributed by atoms with van der Waals surface area (Å²) in [5.41, 5.74) is 1.91. The van der Waals surface area contributed by atoms with Crippen LogP contribution in [0.1, 0.15) is 5.56 Å². The Labute approximate surface area is 129 Å². The van der Waals surface area contributed by atoms with E-state index in [1.807, 2.05) is 30.3 Å². The maximum atomic E-state index is 13.7. The summed E-state index contributed by atoms with van der Waals surface area (Å²) in [5, 5.41) is 3.34. The molecule has 2 aromatic rings. The fourth-order valence-corrected chi connectivity index (χ4v) is 2.67. The molecule has 2 nitrogen and oxygen atoms in total. The zero-order chi connectivity index (χ0) is 15.1. The molecule has 0 atom stereocenters. The number of methoxy groups -OCH3 is 1. The minimum Gasteiger partial charge on any atom is -0.494 e. The lowest BCUT2D eigenvalue weighted by molar-refractivity contribution is 0.386. The summed E-state index contributed by atoms with van der Waals surface area (Å²) >= 11 is 1.72. The largest absolute Gasteiger partial charge is 0.494 e. The number of rotatable bonds is 7. The van der Waals surface area contributed by atoms with E-state index in [1.165, 1.54) is 13.2 Å². The van der Waals surface area contributed by atoms with Crippen LogP contribution in [0.4, 0.5) is 10.1 Å². The van der Waals surface area contributed by atoms with E-state index in [9.17, 15) is 4.39 Å². The van der Waals surface area contributed by atoms with E-state index in [0.29, 0.717) is 6.54 Å². The van der Waals surface area contributed by atoms with Crippen molar-refractivity contribution in [2.24, 2.45) is 0 Å². The highest BCUT2D eigenvalue weighted by molar-refractivity contribution is 7.99. The van der Waals surface area contributed by atoms with Gasteiger partial charge < -0.3 is 10.1 Å². The topological polar surface area (TPSA) is 21.3 Å². The van der Waals surface area contributed by atoms with Gasteiger partial charge in [0.1, 0.15) is 0 Å². The third-order valence-electron chi connectivity index (χ3n) is 2.94. The van der Waals surface area contributed by atoms with Crippen LogP contribution in [0.25, 0.3) is 0 Å². The first-order chi connectivity index (χ1) is 10.2. The maximum absolute atomic E-state index is 13.7. The van der Waals surface area contributed by atoms with Gasteiger partial charge in [-0.15, -0.1) is 18.3 Å². The molecule has 2 rings (SSSR count). The van der Waals surface area contributed by atoms with Crippen LogP contribution in [0.15, 0.2) is 60.0 Å². The molecule has 0 saturated carbocycles. The Kier molecular flexibility index (Phi) is 5.69. The predicted octanol–water partition coefficient (Wildman–Crippen LogP) is 4.72. The molecule has 0 aromatic heterocycles. The Hall–Kier alpha value is -1.94. The van der Waals surface area contributed by atoms with Crippen LogP contribution in [0, 0.1) is 5.82 Å². The molecule has 0 aliphatic carbocycles. The summed E-state index contributed by atoms with van der Waals surface area (Å²) < 4.78 is 18.6. The first-order valence-electron chi connectivity index (χ1n) is 6.63. The Balaban J connectivity index is 2.05. The van der Waals surface area contributed by atoms with E-state index >= 15 is 0 Å². The minimum absolute atomic E-state index is 0.265. The molecule has 0 aliphatic heterocycles. The molecule has 2 aromatic carbocycles. The van der Waals surface area contributed by atoms with Crippen LogP contribution >= 0.6 is 11.8 Å². The number of anilines is 1. The second-order valence-electron chi connectivity index (χ2n) is 4.42. The summed E-state index contributed by atoms with van der Waals surface area (Å²) in [4.78, 5) is 1.16. The molecule has 0 bridgehead atoms. The van der Waals surface area contributed by atoms with Gasteiger partial charge >= 0.3 is 0 Å².